The van der Waals surface area contributed by atoms with Crippen molar-refractivity contribution in [3.8, 4) is 0 Å². The Labute approximate surface area is 142 Å². The van der Waals surface area contributed by atoms with Crippen molar-refractivity contribution < 1.29 is 9.59 Å². The molecule has 1 aromatic heterocycles. The van der Waals surface area contributed by atoms with Gasteiger partial charge in [0, 0.05) is 42.7 Å². The summed E-state index contributed by atoms with van der Waals surface area (Å²) in [6.07, 6.45) is 3.36. The highest BCUT2D eigenvalue weighted by Gasteiger charge is 2.30. The average molecular weight is 325 g/mol. The Bertz CT molecular complexity index is 751. The Hall–Kier alpha value is -2.56. The van der Waals surface area contributed by atoms with Gasteiger partial charge in [0.25, 0.3) is 5.91 Å². The molecule has 5 heteroatoms. The number of hydrogen-bond acceptors (Lipinski definition) is 2. The van der Waals surface area contributed by atoms with E-state index < -0.39 is 0 Å². The van der Waals surface area contributed by atoms with Crippen LogP contribution in [0.2, 0.25) is 0 Å². The number of aromatic nitrogens is 1. The van der Waals surface area contributed by atoms with E-state index in [0.717, 1.165) is 13.0 Å². The second-order valence-electron chi connectivity index (χ2n) is 6.03. The lowest BCUT2D eigenvalue weighted by atomic mass is 10.0. The van der Waals surface area contributed by atoms with Gasteiger partial charge in [-0.05, 0) is 36.8 Å². The summed E-state index contributed by atoms with van der Waals surface area (Å²) in [6, 6.07) is 11.4. The molecule has 1 unspecified atom stereocenters. The van der Waals surface area contributed by atoms with E-state index in [9.17, 15) is 9.59 Å². The Balaban J connectivity index is 1.84. The van der Waals surface area contributed by atoms with Crippen molar-refractivity contribution in [2.75, 3.05) is 11.9 Å². The van der Waals surface area contributed by atoms with Gasteiger partial charge in [0.05, 0.1) is 6.04 Å². The molecule has 0 spiro atoms. The van der Waals surface area contributed by atoms with Crippen LogP contribution in [0.4, 0.5) is 5.69 Å². The van der Waals surface area contributed by atoms with E-state index in [1.54, 1.807) is 13.0 Å². The minimum absolute atomic E-state index is 0.0156. The van der Waals surface area contributed by atoms with E-state index in [0.29, 0.717) is 24.2 Å². The monoisotopic (exact) mass is 325 g/mol. The normalized spacial score (nSPS) is 16.6. The molecule has 2 amide bonds. The standard InChI is InChI=1S/C19H23N3O2/c1-3-16-17-9-6-10-21(17)11-12-22(16)19(24)14-7-5-8-15(13-14)20-18(23)4-2/h5-10,13,16H,3-4,11-12H2,1-2H3,(H,20,23). The van der Waals surface area contributed by atoms with Gasteiger partial charge < -0.3 is 14.8 Å². The number of benzene rings is 1. The molecule has 0 saturated heterocycles. The van der Waals surface area contributed by atoms with Gasteiger partial charge in [0.1, 0.15) is 0 Å². The summed E-state index contributed by atoms with van der Waals surface area (Å²) in [5, 5.41) is 2.81. The lowest BCUT2D eigenvalue weighted by Crippen LogP contribution is -2.41. The second-order valence-corrected chi connectivity index (χ2v) is 6.03. The van der Waals surface area contributed by atoms with Gasteiger partial charge in [-0.3, -0.25) is 9.59 Å². The minimum atomic E-state index is -0.0539. The highest BCUT2D eigenvalue weighted by atomic mass is 16.2. The topological polar surface area (TPSA) is 54.3 Å². The summed E-state index contributed by atoms with van der Waals surface area (Å²) in [5.41, 5.74) is 2.47. The van der Waals surface area contributed by atoms with Crippen LogP contribution >= 0.6 is 0 Å². The first kappa shape index (κ1) is 16.3. The summed E-state index contributed by atoms with van der Waals surface area (Å²) in [7, 11) is 0. The quantitative estimate of drug-likeness (QED) is 0.936. The fourth-order valence-corrected chi connectivity index (χ4v) is 3.28. The molecule has 126 valence electrons. The van der Waals surface area contributed by atoms with E-state index in [2.05, 4.69) is 29.1 Å². The number of anilines is 1. The predicted octanol–water partition coefficient (Wildman–Crippen LogP) is 3.44. The molecule has 0 fully saturated rings. The molecule has 1 atom stereocenters. The highest BCUT2D eigenvalue weighted by Crippen LogP contribution is 2.30. The van der Waals surface area contributed by atoms with Crippen LogP contribution in [0.15, 0.2) is 42.6 Å². The Morgan fingerprint density at radius 1 is 1.17 bits per heavy atom. The van der Waals surface area contributed by atoms with E-state index in [4.69, 9.17) is 0 Å². The molecule has 1 aliphatic rings. The van der Waals surface area contributed by atoms with Gasteiger partial charge in [-0.25, -0.2) is 0 Å². The van der Waals surface area contributed by atoms with Crippen molar-refractivity contribution in [3.63, 3.8) is 0 Å². The third kappa shape index (κ3) is 3.07. The number of nitrogens with zero attached hydrogens (tertiary/aromatic N) is 2. The fraction of sp³-hybridized carbons (Fsp3) is 0.368. The zero-order valence-electron chi connectivity index (χ0n) is 14.2. The lowest BCUT2D eigenvalue weighted by molar-refractivity contribution is -0.115. The van der Waals surface area contributed by atoms with Crippen LogP contribution in [0, 0.1) is 0 Å². The maximum absolute atomic E-state index is 13.0. The summed E-state index contributed by atoms with van der Waals surface area (Å²) in [6.45, 7) is 5.42. The van der Waals surface area contributed by atoms with Crippen molar-refractivity contribution in [3.05, 3.63) is 53.9 Å². The number of hydrogen-bond donors (Lipinski definition) is 1. The van der Waals surface area contributed by atoms with Gasteiger partial charge in [0.2, 0.25) is 5.91 Å². The molecular formula is C19H23N3O2. The zero-order valence-corrected chi connectivity index (χ0v) is 14.2. The highest BCUT2D eigenvalue weighted by molar-refractivity contribution is 5.97. The zero-order chi connectivity index (χ0) is 17.1. The fourth-order valence-electron chi connectivity index (χ4n) is 3.28. The molecule has 2 heterocycles. The number of carbonyl (C=O) groups excluding carboxylic acids is 2. The molecule has 1 aromatic carbocycles. The van der Waals surface area contributed by atoms with Gasteiger partial charge in [0.15, 0.2) is 0 Å². The van der Waals surface area contributed by atoms with E-state index in [1.807, 2.05) is 29.2 Å². The molecule has 0 bridgehead atoms. The summed E-state index contributed by atoms with van der Waals surface area (Å²) in [4.78, 5) is 26.5. The third-order valence-electron chi connectivity index (χ3n) is 4.53. The maximum Gasteiger partial charge on any atom is 0.254 e. The van der Waals surface area contributed by atoms with Gasteiger partial charge in [-0.15, -0.1) is 0 Å². The number of rotatable bonds is 4. The van der Waals surface area contributed by atoms with E-state index in [1.165, 1.54) is 5.69 Å². The van der Waals surface area contributed by atoms with Gasteiger partial charge >= 0.3 is 0 Å². The Morgan fingerprint density at radius 3 is 2.75 bits per heavy atom. The van der Waals surface area contributed by atoms with Crippen LogP contribution in [0.3, 0.4) is 0 Å². The Morgan fingerprint density at radius 2 is 2.00 bits per heavy atom. The summed E-state index contributed by atoms with van der Waals surface area (Å²) in [5.74, 6) is -0.0382. The lowest BCUT2D eigenvalue weighted by Gasteiger charge is -2.36. The molecule has 1 N–H and O–H groups in total. The van der Waals surface area contributed by atoms with Gasteiger partial charge in [-0.2, -0.15) is 0 Å². The molecule has 0 saturated carbocycles. The van der Waals surface area contributed by atoms with E-state index >= 15 is 0 Å². The Kier molecular flexibility index (Phi) is 4.69. The maximum atomic E-state index is 13.0. The number of nitrogens with one attached hydrogen (secondary N) is 1. The van der Waals surface area contributed by atoms with Crippen molar-refractivity contribution in [2.24, 2.45) is 0 Å². The van der Waals surface area contributed by atoms with Crippen LogP contribution in [-0.2, 0) is 11.3 Å². The smallest absolute Gasteiger partial charge is 0.254 e. The van der Waals surface area contributed by atoms with E-state index in [-0.39, 0.29) is 17.9 Å². The van der Waals surface area contributed by atoms with Crippen LogP contribution in [0.1, 0.15) is 48.8 Å². The number of carbonyl (C=O) groups is 2. The van der Waals surface area contributed by atoms with Crippen LogP contribution in [0.25, 0.3) is 0 Å². The molecule has 5 nitrogen and oxygen atoms in total. The largest absolute Gasteiger partial charge is 0.348 e. The first-order chi connectivity index (χ1) is 11.6. The first-order valence-electron chi connectivity index (χ1n) is 8.50. The number of fused-ring (bicyclic) bond motifs is 1. The minimum Gasteiger partial charge on any atom is -0.348 e. The summed E-state index contributed by atoms with van der Waals surface area (Å²) >= 11 is 0. The molecule has 3 rings (SSSR count). The first-order valence-corrected chi connectivity index (χ1v) is 8.50. The second kappa shape index (κ2) is 6.91. The van der Waals surface area contributed by atoms with Crippen molar-refractivity contribution >= 4 is 17.5 Å². The third-order valence-corrected chi connectivity index (χ3v) is 4.53. The molecular weight excluding hydrogens is 302 g/mol. The SMILES string of the molecule is CCC(=O)Nc1cccc(C(=O)N2CCn3cccc3C2CC)c1. The van der Waals surface area contributed by atoms with Crippen molar-refractivity contribution in [2.45, 2.75) is 39.3 Å². The molecule has 0 radical (unpaired) electrons. The molecule has 2 aromatic rings. The van der Waals surface area contributed by atoms with Crippen LogP contribution < -0.4 is 5.32 Å². The number of amides is 2. The van der Waals surface area contributed by atoms with Crippen LogP contribution in [0.5, 0.6) is 0 Å². The molecule has 24 heavy (non-hydrogen) atoms. The van der Waals surface area contributed by atoms with Crippen molar-refractivity contribution in [1.29, 1.82) is 0 Å². The molecule has 0 aliphatic carbocycles. The van der Waals surface area contributed by atoms with Crippen molar-refractivity contribution in [1.82, 2.24) is 9.47 Å². The average Bonchev–Trinajstić information content (AvgIpc) is 3.09. The summed E-state index contributed by atoms with van der Waals surface area (Å²) < 4.78 is 2.22. The van der Waals surface area contributed by atoms with Crippen LogP contribution in [-0.4, -0.2) is 27.8 Å². The predicted molar refractivity (Wildman–Crippen MR) is 93.9 cm³/mol. The van der Waals surface area contributed by atoms with Gasteiger partial charge in [-0.1, -0.05) is 19.9 Å². The molecule has 1 aliphatic heterocycles.